The molecule has 1 N–H and O–H groups in total. The third kappa shape index (κ3) is 3.76. The smallest absolute Gasteiger partial charge is 0.138 e. The molecule has 16 heavy (non-hydrogen) atoms. The van der Waals surface area contributed by atoms with Gasteiger partial charge in [-0.1, -0.05) is 13.8 Å². The molecule has 0 amide bonds. The Balaban J connectivity index is 0.000000160. The van der Waals surface area contributed by atoms with Crippen LogP contribution in [0, 0.1) is 0 Å². The maximum absolute atomic E-state index is 3.88. The van der Waals surface area contributed by atoms with Crippen LogP contribution in [0.2, 0.25) is 0 Å². The summed E-state index contributed by atoms with van der Waals surface area (Å²) in [7, 11) is 0. The number of H-pyrrole nitrogens is 1. The minimum absolute atomic E-state index is 0.366. The first kappa shape index (κ1) is 12.3. The Labute approximate surface area is 94.3 Å². The molecule has 0 saturated carbocycles. The van der Waals surface area contributed by atoms with Gasteiger partial charge in [0.2, 0.25) is 0 Å². The zero-order valence-electron chi connectivity index (χ0n) is 9.99. The number of tetrazole rings is 1. The van der Waals surface area contributed by atoms with Gasteiger partial charge >= 0.3 is 0 Å². The second-order valence-electron chi connectivity index (χ2n) is 3.93. The van der Waals surface area contributed by atoms with Gasteiger partial charge in [-0.2, -0.15) is 15.4 Å². The van der Waals surface area contributed by atoms with Gasteiger partial charge in [0.25, 0.3) is 0 Å². The Morgan fingerprint density at radius 2 is 2.00 bits per heavy atom. The average molecular weight is 223 g/mol. The summed E-state index contributed by atoms with van der Waals surface area (Å²) in [6.45, 7) is 8.21. The first-order chi connectivity index (χ1) is 7.61. The lowest BCUT2D eigenvalue weighted by Crippen LogP contribution is -2.00. The van der Waals surface area contributed by atoms with Crippen LogP contribution in [-0.2, 0) is 0 Å². The maximum atomic E-state index is 3.88. The van der Waals surface area contributed by atoms with Crippen molar-refractivity contribution in [1.29, 1.82) is 0 Å². The lowest BCUT2D eigenvalue weighted by Gasteiger charge is -1.98. The summed E-state index contributed by atoms with van der Waals surface area (Å²) in [5.74, 6) is 0.480. The number of nitrogens with zero attached hydrogens (tertiary/aromatic N) is 6. The average Bonchev–Trinajstić information content (AvgIpc) is 2.93. The topological polar surface area (TPSA) is 85.2 Å². The van der Waals surface area contributed by atoms with Crippen molar-refractivity contribution in [1.82, 2.24) is 35.6 Å². The van der Waals surface area contributed by atoms with Crippen molar-refractivity contribution in [2.75, 3.05) is 0 Å². The van der Waals surface area contributed by atoms with Gasteiger partial charge in [0, 0.05) is 6.04 Å². The Bertz CT molecular complexity index is 324. The molecule has 0 radical (unpaired) electrons. The largest absolute Gasteiger partial charge is 0.230 e. The summed E-state index contributed by atoms with van der Waals surface area (Å²) in [5, 5.41) is 20.7. The first-order valence-electron chi connectivity index (χ1n) is 5.19. The molecular weight excluding hydrogens is 206 g/mol. The minimum atomic E-state index is 0.366. The van der Waals surface area contributed by atoms with Crippen LogP contribution in [0.15, 0.2) is 12.5 Å². The SMILES string of the molecule is CC(C)c1cn[nH]n1.CC(C)n1cnnn1. The molecule has 7 heteroatoms. The highest BCUT2D eigenvalue weighted by atomic mass is 15.5. The van der Waals surface area contributed by atoms with Gasteiger partial charge in [-0.25, -0.2) is 4.68 Å². The molecule has 0 aliphatic rings. The van der Waals surface area contributed by atoms with Crippen molar-refractivity contribution in [2.24, 2.45) is 0 Å². The predicted molar refractivity (Wildman–Crippen MR) is 58.7 cm³/mol. The number of nitrogens with one attached hydrogen (secondary N) is 1. The van der Waals surface area contributed by atoms with Crippen molar-refractivity contribution < 1.29 is 0 Å². The van der Waals surface area contributed by atoms with Gasteiger partial charge in [-0.3, -0.25) is 0 Å². The molecule has 0 fully saturated rings. The third-order valence-corrected chi connectivity index (χ3v) is 1.92. The highest BCUT2D eigenvalue weighted by Gasteiger charge is 1.98. The molecule has 0 aromatic carbocycles. The Kier molecular flexibility index (Phi) is 4.56. The molecular formula is C9H17N7. The van der Waals surface area contributed by atoms with Gasteiger partial charge < -0.3 is 0 Å². The fourth-order valence-corrected chi connectivity index (χ4v) is 0.894. The summed E-state index contributed by atoms with van der Waals surface area (Å²) >= 11 is 0. The zero-order valence-corrected chi connectivity index (χ0v) is 9.99. The molecule has 0 saturated heterocycles. The molecule has 0 unspecified atom stereocenters. The molecule has 2 aromatic rings. The number of hydrogen-bond donors (Lipinski definition) is 1. The number of hydrogen-bond acceptors (Lipinski definition) is 5. The second kappa shape index (κ2) is 5.94. The summed E-state index contributed by atoms with van der Waals surface area (Å²) in [6, 6.07) is 0.366. The summed E-state index contributed by atoms with van der Waals surface area (Å²) in [4.78, 5) is 0. The van der Waals surface area contributed by atoms with Crippen LogP contribution in [0.4, 0.5) is 0 Å². The highest BCUT2D eigenvalue weighted by Crippen LogP contribution is 2.06. The monoisotopic (exact) mass is 223 g/mol. The van der Waals surface area contributed by atoms with E-state index in [2.05, 4.69) is 44.8 Å². The molecule has 0 aliphatic heterocycles. The summed E-state index contributed by atoms with van der Waals surface area (Å²) < 4.78 is 1.69. The summed E-state index contributed by atoms with van der Waals surface area (Å²) in [5.41, 5.74) is 1.02. The molecule has 2 rings (SSSR count). The number of aromatic nitrogens is 7. The van der Waals surface area contributed by atoms with Crippen molar-refractivity contribution in [3.63, 3.8) is 0 Å². The first-order valence-corrected chi connectivity index (χ1v) is 5.19. The number of aromatic amines is 1. The third-order valence-electron chi connectivity index (χ3n) is 1.92. The van der Waals surface area contributed by atoms with Crippen molar-refractivity contribution in [3.8, 4) is 0 Å². The second-order valence-corrected chi connectivity index (χ2v) is 3.93. The normalized spacial score (nSPS) is 10.4. The molecule has 2 aromatic heterocycles. The standard InChI is InChI=1S/C5H9N3.C4H8N4/c1-4(2)5-3-6-8-7-5;1-4(2)8-3-5-6-7-8/h3-4H,1-2H3,(H,6,7,8);3-4H,1-2H3. The van der Waals surface area contributed by atoms with E-state index in [-0.39, 0.29) is 0 Å². The van der Waals surface area contributed by atoms with E-state index in [1.165, 1.54) is 0 Å². The molecule has 7 nitrogen and oxygen atoms in total. The Morgan fingerprint density at radius 1 is 1.25 bits per heavy atom. The quantitative estimate of drug-likeness (QED) is 0.826. The van der Waals surface area contributed by atoms with Gasteiger partial charge in [-0.15, -0.1) is 5.10 Å². The van der Waals surface area contributed by atoms with Crippen molar-refractivity contribution in [2.45, 2.75) is 39.7 Å². The van der Waals surface area contributed by atoms with Gasteiger partial charge in [0.1, 0.15) is 6.33 Å². The Morgan fingerprint density at radius 3 is 2.25 bits per heavy atom. The molecule has 0 spiro atoms. The van der Waals surface area contributed by atoms with Crippen molar-refractivity contribution in [3.05, 3.63) is 18.2 Å². The van der Waals surface area contributed by atoms with Crippen LogP contribution >= 0.6 is 0 Å². The van der Waals surface area contributed by atoms with E-state index in [1.54, 1.807) is 17.2 Å². The van der Waals surface area contributed by atoms with Crippen LogP contribution in [-0.4, -0.2) is 35.6 Å². The molecule has 88 valence electrons. The summed E-state index contributed by atoms with van der Waals surface area (Å²) in [6.07, 6.45) is 3.34. The van der Waals surface area contributed by atoms with E-state index in [0.717, 1.165) is 5.69 Å². The lowest BCUT2D eigenvalue weighted by molar-refractivity contribution is 0.514. The number of rotatable bonds is 2. The van der Waals surface area contributed by atoms with Gasteiger partial charge in [0.05, 0.1) is 11.9 Å². The van der Waals surface area contributed by atoms with E-state index >= 15 is 0 Å². The van der Waals surface area contributed by atoms with Crippen molar-refractivity contribution >= 4 is 0 Å². The van der Waals surface area contributed by atoms with Gasteiger partial charge in [0.15, 0.2) is 0 Å². The minimum Gasteiger partial charge on any atom is -0.230 e. The highest BCUT2D eigenvalue weighted by molar-refractivity contribution is 4.96. The molecule has 0 aliphatic carbocycles. The molecule has 0 atom stereocenters. The molecule has 0 bridgehead atoms. The van der Waals surface area contributed by atoms with E-state index in [4.69, 9.17) is 0 Å². The fourth-order valence-electron chi connectivity index (χ4n) is 0.894. The van der Waals surface area contributed by atoms with Crippen LogP contribution in [0.25, 0.3) is 0 Å². The van der Waals surface area contributed by atoms with Crippen LogP contribution in [0.5, 0.6) is 0 Å². The van der Waals surface area contributed by atoms with Crippen LogP contribution in [0.1, 0.15) is 45.3 Å². The van der Waals surface area contributed by atoms with Gasteiger partial charge in [-0.05, 0) is 30.2 Å². The zero-order chi connectivity index (χ0) is 12.0. The van der Waals surface area contributed by atoms with Crippen LogP contribution < -0.4 is 0 Å². The van der Waals surface area contributed by atoms with E-state index in [9.17, 15) is 0 Å². The predicted octanol–water partition coefficient (Wildman–Crippen LogP) is 1.18. The molecule has 2 heterocycles. The fraction of sp³-hybridized carbons (Fsp3) is 0.667. The van der Waals surface area contributed by atoms with E-state index < -0.39 is 0 Å². The van der Waals surface area contributed by atoms with Crippen LogP contribution in [0.3, 0.4) is 0 Å². The maximum Gasteiger partial charge on any atom is 0.138 e. The van der Waals surface area contributed by atoms with E-state index in [0.29, 0.717) is 12.0 Å². The lowest BCUT2D eigenvalue weighted by atomic mass is 10.2. The van der Waals surface area contributed by atoms with E-state index in [1.807, 2.05) is 13.8 Å². The Hall–Kier alpha value is -1.79.